The summed E-state index contributed by atoms with van der Waals surface area (Å²) in [6.07, 6.45) is -28.7. The first kappa shape index (κ1) is 37.0. The first-order valence-corrected chi connectivity index (χ1v) is 31.8. The number of nitrogens with zero attached hydrogens (tertiary/aromatic N) is 6. The number of halogens is 10. The number of benzene rings is 8. The Balaban J connectivity index is 0.000000294. The van der Waals surface area contributed by atoms with E-state index in [1.54, 1.807) is 0 Å². The van der Waals surface area contributed by atoms with Crippen LogP contribution in [0.4, 0.5) is 43.9 Å². The fraction of sp³-hybridized carbons (Fsp3) is 0.309. The first-order valence-electron chi connectivity index (χ1n) is 53.3. The average molecular weight is 1530 g/mol. The summed E-state index contributed by atoms with van der Waals surface area (Å²) in [6.45, 7) is -41.6. The van der Waals surface area contributed by atoms with Crippen LogP contribution < -0.4 is 10.9 Å². The van der Waals surface area contributed by atoms with Crippen molar-refractivity contribution in [2.24, 2.45) is 0 Å². The largest absolute Gasteiger partial charge is 0.416 e. The van der Waals surface area contributed by atoms with E-state index in [-0.39, 0.29) is 55.0 Å². The molecular weight excluding hydrogens is 1410 g/mol. The molecule has 0 bridgehead atoms. The molecule has 4 heterocycles. The summed E-state index contributed by atoms with van der Waals surface area (Å²) in [5, 5.41) is -2.17. The minimum Gasteiger partial charge on any atom is -0.383 e. The lowest BCUT2D eigenvalue weighted by molar-refractivity contribution is -0.138. The fourth-order valence-corrected chi connectivity index (χ4v) is 11.7. The molecule has 0 atom stereocenters. The normalized spacial score (nSPS) is 25.9. The van der Waals surface area contributed by atoms with Crippen molar-refractivity contribution in [1.82, 2.24) is 28.7 Å². The Bertz CT molecular complexity index is 7160. The van der Waals surface area contributed by atoms with E-state index in [4.69, 9.17) is 50.7 Å². The summed E-state index contributed by atoms with van der Waals surface area (Å²) in [7, 11) is -7.75. The van der Waals surface area contributed by atoms with Crippen molar-refractivity contribution in [2.45, 2.75) is 105 Å². The van der Waals surface area contributed by atoms with Crippen LogP contribution in [0.5, 0.6) is 0 Å². The molecule has 12 nitrogen and oxygen atoms in total. The quantitative estimate of drug-likeness (QED) is 0.0428. The van der Waals surface area contributed by atoms with Gasteiger partial charge in [0.2, 0.25) is 11.8 Å². The van der Waals surface area contributed by atoms with E-state index in [9.17, 15) is 62.8 Å². The van der Waals surface area contributed by atoms with Gasteiger partial charge in [0.05, 0.1) is 82.3 Å². The van der Waals surface area contributed by atoms with E-state index in [1.807, 2.05) is 0 Å². The predicted molar refractivity (Wildman–Crippen MR) is 391 cm³/mol. The van der Waals surface area contributed by atoms with Gasteiger partial charge in [-0.1, -0.05) is 121 Å². The molecule has 2 aromatic heterocycles. The highest BCUT2D eigenvalue weighted by atomic mass is 32.2. The molecule has 0 saturated carbocycles. The molecule has 0 spiro atoms. The third-order valence-corrected chi connectivity index (χ3v) is 16.9. The van der Waals surface area contributed by atoms with Gasteiger partial charge in [0.1, 0.15) is 13.1 Å². The number of thioether (sulfide) groups is 2. The SMILES string of the molecule is [2H]C([2H])([2H])OC([2H])([2H])C([2H])([2H])N1C([2H])([2H])C([2H])([2H])C([2H])(N(Cc2ccc(-c3ccc(C(F)(F)F)cc3)cc2)C(=O)Cn2c(SCc3cccc(F)c3F)cc(=O)c3ccccc32)C([2H])([2H])C1([2H])[2H].[2H]c1c([2H])c(F)c(F)c(CSc2c([2H])c(=O)c3c([2H])c(C)c([2H])c([2H])c3n2CC(=O)N(Cc2c([2H])c([2H])c(-c3c([2H])c([2H])c(C(F)(F)F)c([2H])c3[2H])c([2H])c2[2H])C2([2H])C([2H])([2H])C([2H])([2H])N(C([2H])([2H])C([2H])([2H])OC([2H])([2H])[2H])C([2H])([2H])C2([2H])[2H])c1[2H]. The van der Waals surface area contributed by atoms with Crippen molar-refractivity contribution in [1.29, 1.82) is 0 Å². The van der Waals surface area contributed by atoms with Crippen molar-refractivity contribution in [3.05, 3.63) is 270 Å². The van der Waals surface area contributed by atoms with Crippen molar-refractivity contribution in [3.8, 4) is 22.3 Å². The Morgan fingerprint density at radius 1 is 0.552 bits per heavy atom. The van der Waals surface area contributed by atoms with Crippen LogP contribution in [0.15, 0.2) is 207 Å². The van der Waals surface area contributed by atoms with Gasteiger partial charge in [0.25, 0.3) is 0 Å². The molecule has 0 N–H and O–H groups in total. The molecule has 8 aromatic carbocycles. The van der Waals surface area contributed by atoms with Crippen molar-refractivity contribution in [2.75, 3.05) is 66.2 Å². The van der Waals surface area contributed by atoms with E-state index in [2.05, 4.69) is 9.47 Å². The number of amides is 2. The molecule has 0 unspecified atom stereocenters. The molecule has 2 fully saturated rings. The number of methoxy groups -OCH3 is 2. The minimum absolute atomic E-state index is 0.00521. The number of alkyl halides is 6. The van der Waals surface area contributed by atoms with E-state index in [0.29, 0.717) is 10.1 Å². The summed E-state index contributed by atoms with van der Waals surface area (Å²) in [6, 6.07) is -11.1. The molecule has 105 heavy (non-hydrogen) atoms. The summed E-state index contributed by atoms with van der Waals surface area (Å²) >= 11 is 0.721. The lowest BCUT2D eigenvalue weighted by Gasteiger charge is -2.39. The molecular formula is C81H78F10N6O6S2. The summed E-state index contributed by atoms with van der Waals surface area (Å²) in [5.41, 5.74) is -11.5. The van der Waals surface area contributed by atoms with Gasteiger partial charge in [0, 0.05) is 151 Å². The topological polar surface area (TPSA) is 110 Å². The second-order valence-electron chi connectivity index (χ2n) is 21.6. The predicted octanol–water partition coefficient (Wildman–Crippen LogP) is 17.1. The first-order chi connectivity index (χ1) is 68.8. The van der Waals surface area contributed by atoms with Gasteiger partial charge >= 0.3 is 12.4 Å². The van der Waals surface area contributed by atoms with Crippen LogP contribution in [-0.4, -0.2) is 119 Å². The number of aromatic nitrogens is 2. The number of ether oxygens (including phenoxy) is 2. The second kappa shape index (κ2) is 34.9. The Morgan fingerprint density at radius 3 is 1.68 bits per heavy atom. The summed E-state index contributed by atoms with van der Waals surface area (Å²) in [4.78, 5) is 55.8. The van der Waals surface area contributed by atoms with Crippen LogP contribution in [0, 0.1) is 30.2 Å². The molecule has 12 rings (SSSR count). The van der Waals surface area contributed by atoms with Crippen LogP contribution in [0.3, 0.4) is 0 Å². The molecule has 2 aliphatic rings. The van der Waals surface area contributed by atoms with Crippen LogP contribution in [0.2, 0.25) is 0 Å². The van der Waals surface area contributed by atoms with Crippen LogP contribution in [-0.2, 0) is 69.1 Å². The number of rotatable bonds is 24. The number of pyridine rings is 2. The third kappa shape index (κ3) is 19.5. The Labute approximate surface area is 676 Å². The molecule has 550 valence electrons. The summed E-state index contributed by atoms with van der Waals surface area (Å²) in [5.74, 6) is -11.5. The minimum atomic E-state index is -5.56. The number of hydrogen-bond acceptors (Lipinski definition) is 10. The van der Waals surface area contributed by atoms with Crippen molar-refractivity contribution < 1.29 is 127 Å². The third-order valence-electron chi connectivity index (χ3n) is 14.7. The van der Waals surface area contributed by atoms with Gasteiger partial charge in [-0.05, 0) is 126 Å². The van der Waals surface area contributed by atoms with E-state index in [0.717, 1.165) is 59.7 Å². The highest BCUT2D eigenvalue weighted by molar-refractivity contribution is 7.98. The maximum absolute atomic E-state index is 15.7. The lowest BCUT2D eigenvalue weighted by atomic mass is 10.00. The average Bonchev–Trinajstić information content (AvgIpc) is 0.657. The highest BCUT2D eigenvalue weighted by Gasteiger charge is 2.34. The fourth-order valence-electron chi connectivity index (χ4n) is 9.71. The van der Waals surface area contributed by atoms with Gasteiger partial charge in [-0.3, -0.25) is 19.2 Å². The Morgan fingerprint density at radius 2 is 1.09 bits per heavy atom. The van der Waals surface area contributed by atoms with Gasteiger partial charge in [-0.15, -0.1) is 23.5 Å². The maximum Gasteiger partial charge on any atom is 0.416 e. The highest BCUT2D eigenvalue weighted by Crippen LogP contribution is 2.36. The molecule has 10 aromatic rings. The number of para-hydroxylation sites is 1. The van der Waals surface area contributed by atoms with Gasteiger partial charge in [-0.2, -0.15) is 26.3 Å². The number of piperidine rings is 2. The monoisotopic (exact) mass is 1530 g/mol. The molecule has 0 radical (unpaired) electrons. The Hall–Kier alpha value is -9.04. The number of carbonyl (C=O) groups is 2. The molecule has 0 aliphatic carbocycles. The zero-order valence-corrected chi connectivity index (χ0v) is 54.8. The number of hydrogen-bond donors (Lipinski definition) is 0. The molecule has 2 amide bonds. The second-order valence-corrected chi connectivity index (χ2v) is 23.5. The number of likely N-dealkylation sites (tertiary alicyclic amines) is 2. The Kier molecular flexibility index (Phi) is 12.3. The smallest absolute Gasteiger partial charge is 0.383 e. The maximum atomic E-state index is 15.7. The van der Waals surface area contributed by atoms with Crippen LogP contribution >= 0.6 is 23.5 Å². The number of fused-ring (bicyclic) bond motifs is 2. The zero-order chi connectivity index (χ0) is 116. The van der Waals surface area contributed by atoms with Crippen molar-refractivity contribution in [3.63, 3.8) is 0 Å². The van der Waals surface area contributed by atoms with E-state index >= 15 is 14.0 Å². The molecule has 2 saturated heterocycles. The van der Waals surface area contributed by atoms with Crippen molar-refractivity contribution >= 4 is 57.1 Å². The van der Waals surface area contributed by atoms with E-state index in [1.165, 1.54) is 60.7 Å². The molecule has 2 aliphatic heterocycles. The van der Waals surface area contributed by atoms with E-state index < -0.39 is 354 Å². The van der Waals surface area contributed by atoms with Gasteiger partial charge in [-0.25, -0.2) is 17.6 Å². The van der Waals surface area contributed by atoms with Gasteiger partial charge < -0.3 is 38.2 Å². The summed E-state index contributed by atoms with van der Waals surface area (Å²) < 4.78 is 556. The van der Waals surface area contributed by atoms with Crippen LogP contribution in [0.1, 0.15) is 129 Å². The van der Waals surface area contributed by atoms with Crippen LogP contribution in [0.25, 0.3) is 44.1 Å². The zero-order valence-electron chi connectivity index (χ0n) is 100. The lowest BCUT2D eigenvalue weighted by Crippen LogP contribution is -2.48. The molecule has 24 heteroatoms. The number of carbonyl (C=O) groups excluding carboxylic acids is 2. The standard InChI is InChI=1S/C41H40F5N3O3S.C40H38F5N3O3S/c1-27-6-15-36-34(22-27)37(50)23-39(53-26-31-4-3-5-35(42)40(31)43)49(36)25-38(51)48(33-16-18-47(19-17-33)20-21-52-2)24-28-7-9-29(10-8-28)30-11-13-32(14-12-30)41(44,45)46;1-51-22-21-46-19-17-32(18-20-46)47(24-27-9-11-28(12-10-27)29-13-15-31(16-14-29)40(43,44)45)37(50)25-48-35-8-3-2-6-33(35)36(49)23-38(48)52-26-30-5-4-7-34(41)39(30)42/h3-15,22-23,33H,16-21,24-26H2,1-2H3;2-16,23,32H,17-22,24-26H2,1H3/i2D3,3D,4D,5D,6D,7D,8D,9D,10D,11D,12D,13D,14D,15D,16D2,17D2,18D2,19D2,20D2,21D2,22D,23D,33D;1D3,17D2,18D2,19D2,20D2,21D2,22D2,32D. The van der Waals surface area contributed by atoms with Gasteiger partial charge in [0.15, 0.2) is 34.1 Å².